The van der Waals surface area contributed by atoms with Gasteiger partial charge in [0.15, 0.2) is 0 Å². The van der Waals surface area contributed by atoms with E-state index in [1.807, 2.05) is 4.90 Å². The van der Waals surface area contributed by atoms with Gasteiger partial charge in [-0.2, -0.15) is 0 Å². The average molecular weight is 232 g/mol. The second-order valence-corrected chi connectivity index (χ2v) is 4.63. The van der Waals surface area contributed by atoms with Gasteiger partial charge in [0.25, 0.3) is 0 Å². The number of nitrogens with zero attached hydrogens (tertiary/aromatic N) is 1. The van der Waals surface area contributed by atoms with E-state index in [0.717, 1.165) is 19.3 Å². The SMILES string of the molecule is CCc1ccc(CN(C(=O)CN)C2CC2)cc1. The van der Waals surface area contributed by atoms with Crippen LogP contribution in [0.5, 0.6) is 0 Å². The molecule has 92 valence electrons. The van der Waals surface area contributed by atoms with Crippen LogP contribution in [0.25, 0.3) is 0 Å². The van der Waals surface area contributed by atoms with Gasteiger partial charge in [0, 0.05) is 12.6 Å². The molecule has 0 saturated heterocycles. The van der Waals surface area contributed by atoms with Gasteiger partial charge < -0.3 is 10.6 Å². The van der Waals surface area contributed by atoms with Crippen LogP contribution in [0.3, 0.4) is 0 Å². The van der Waals surface area contributed by atoms with Crippen LogP contribution in [-0.4, -0.2) is 23.4 Å². The number of hydrogen-bond donors (Lipinski definition) is 1. The van der Waals surface area contributed by atoms with E-state index in [-0.39, 0.29) is 12.5 Å². The lowest BCUT2D eigenvalue weighted by molar-refractivity contribution is -0.130. The average Bonchev–Trinajstić information content (AvgIpc) is 3.20. The number of carbonyl (C=O) groups excluding carboxylic acids is 1. The second-order valence-electron chi connectivity index (χ2n) is 4.63. The lowest BCUT2D eigenvalue weighted by Gasteiger charge is -2.21. The Morgan fingerprint density at radius 1 is 1.29 bits per heavy atom. The van der Waals surface area contributed by atoms with Crippen molar-refractivity contribution in [1.82, 2.24) is 4.90 Å². The van der Waals surface area contributed by atoms with Crippen LogP contribution in [0.1, 0.15) is 30.9 Å². The molecule has 1 aliphatic rings. The lowest BCUT2D eigenvalue weighted by atomic mass is 10.1. The third kappa shape index (κ3) is 3.07. The summed E-state index contributed by atoms with van der Waals surface area (Å²) >= 11 is 0. The molecule has 1 amide bonds. The van der Waals surface area contributed by atoms with E-state index in [1.165, 1.54) is 11.1 Å². The first-order valence-corrected chi connectivity index (χ1v) is 6.32. The smallest absolute Gasteiger partial charge is 0.236 e. The first-order valence-electron chi connectivity index (χ1n) is 6.32. The molecule has 1 aromatic carbocycles. The zero-order valence-corrected chi connectivity index (χ0v) is 10.4. The van der Waals surface area contributed by atoms with Gasteiger partial charge in [-0.15, -0.1) is 0 Å². The van der Waals surface area contributed by atoms with E-state index in [0.29, 0.717) is 12.6 Å². The minimum Gasteiger partial charge on any atom is -0.334 e. The molecular weight excluding hydrogens is 212 g/mol. The van der Waals surface area contributed by atoms with Gasteiger partial charge in [0.05, 0.1) is 6.54 Å². The molecule has 1 aromatic rings. The van der Waals surface area contributed by atoms with Crippen molar-refractivity contribution >= 4 is 5.91 Å². The van der Waals surface area contributed by atoms with Gasteiger partial charge in [-0.05, 0) is 30.4 Å². The molecule has 17 heavy (non-hydrogen) atoms. The molecule has 1 aliphatic carbocycles. The molecule has 0 spiro atoms. The molecule has 0 aliphatic heterocycles. The summed E-state index contributed by atoms with van der Waals surface area (Å²) in [6.45, 7) is 2.96. The fourth-order valence-corrected chi connectivity index (χ4v) is 2.00. The fraction of sp³-hybridized carbons (Fsp3) is 0.500. The Morgan fingerprint density at radius 2 is 1.88 bits per heavy atom. The number of carbonyl (C=O) groups is 1. The highest BCUT2D eigenvalue weighted by Crippen LogP contribution is 2.28. The van der Waals surface area contributed by atoms with Gasteiger partial charge in [-0.25, -0.2) is 0 Å². The zero-order chi connectivity index (χ0) is 12.3. The summed E-state index contributed by atoms with van der Waals surface area (Å²) in [5, 5.41) is 0. The Hall–Kier alpha value is -1.35. The maximum Gasteiger partial charge on any atom is 0.236 e. The lowest BCUT2D eigenvalue weighted by Crippen LogP contribution is -2.37. The van der Waals surface area contributed by atoms with Crippen LogP contribution >= 0.6 is 0 Å². The number of aryl methyl sites for hydroxylation is 1. The normalized spacial score (nSPS) is 14.7. The maximum atomic E-state index is 11.7. The molecule has 2 N–H and O–H groups in total. The molecule has 0 unspecified atom stereocenters. The van der Waals surface area contributed by atoms with E-state index in [9.17, 15) is 4.79 Å². The molecule has 1 saturated carbocycles. The van der Waals surface area contributed by atoms with Crippen molar-refractivity contribution in [1.29, 1.82) is 0 Å². The van der Waals surface area contributed by atoms with Crippen LogP contribution in [0.2, 0.25) is 0 Å². The first-order chi connectivity index (χ1) is 8.24. The zero-order valence-electron chi connectivity index (χ0n) is 10.4. The van der Waals surface area contributed by atoms with Crippen molar-refractivity contribution in [3.8, 4) is 0 Å². The molecule has 1 fully saturated rings. The second kappa shape index (κ2) is 5.32. The van der Waals surface area contributed by atoms with Crippen LogP contribution in [0, 0.1) is 0 Å². The van der Waals surface area contributed by atoms with Crippen LogP contribution in [0.15, 0.2) is 24.3 Å². The van der Waals surface area contributed by atoms with Gasteiger partial charge in [0.2, 0.25) is 5.91 Å². The fourth-order valence-electron chi connectivity index (χ4n) is 2.00. The van der Waals surface area contributed by atoms with Gasteiger partial charge in [-0.1, -0.05) is 31.2 Å². The van der Waals surface area contributed by atoms with Gasteiger partial charge in [0.1, 0.15) is 0 Å². The van der Waals surface area contributed by atoms with E-state index >= 15 is 0 Å². The van der Waals surface area contributed by atoms with Gasteiger partial charge in [-0.3, -0.25) is 4.79 Å². The Morgan fingerprint density at radius 3 is 2.35 bits per heavy atom. The maximum absolute atomic E-state index is 11.7. The van der Waals surface area contributed by atoms with Crippen LogP contribution in [-0.2, 0) is 17.8 Å². The number of benzene rings is 1. The first kappa shape index (κ1) is 12.1. The quantitative estimate of drug-likeness (QED) is 0.840. The third-order valence-electron chi connectivity index (χ3n) is 3.27. The Labute approximate surface area is 103 Å². The van der Waals surface area contributed by atoms with E-state index in [2.05, 4.69) is 31.2 Å². The van der Waals surface area contributed by atoms with Crippen molar-refractivity contribution in [2.75, 3.05) is 6.54 Å². The summed E-state index contributed by atoms with van der Waals surface area (Å²) < 4.78 is 0. The van der Waals surface area contributed by atoms with Crippen molar-refractivity contribution in [3.05, 3.63) is 35.4 Å². The monoisotopic (exact) mass is 232 g/mol. The summed E-state index contributed by atoms with van der Waals surface area (Å²) in [6, 6.07) is 8.91. The summed E-state index contributed by atoms with van der Waals surface area (Å²) in [5.74, 6) is 0.0621. The highest BCUT2D eigenvalue weighted by molar-refractivity contribution is 5.78. The van der Waals surface area contributed by atoms with Crippen LogP contribution in [0.4, 0.5) is 0 Å². The minimum atomic E-state index is 0.0621. The van der Waals surface area contributed by atoms with Crippen molar-refractivity contribution in [2.24, 2.45) is 5.73 Å². The predicted octanol–water partition coefficient (Wildman–Crippen LogP) is 1.70. The van der Waals surface area contributed by atoms with E-state index < -0.39 is 0 Å². The number of nitrogens with two attached hydrogens (primary N) is 1. The van der Waals surface area contributed by atoms with Gasteiger partial charge >= 0.3 is 0 Å². The van der Waals surface area contributed by atoms with Crippen LogP contribution < -0.4 is 5.73 Å². The molecule has 2 rings (SSSR count). The summed E-state index contributed by atoms with van der Waals surface area (Å²) in [4.78, 5) is 13.6. The topological polar surface area (TPSA) is 46.3 Å². The standard InChI is InChI=1S/C14H20N2O/c1-2-11-3-5-12(6-4-11)10-16(13-7-8-13)14(17)9-15/h3-6,13H,2,7-10,15H2,1H3. The Balaban J connectivity index is 2.03. The third-order valence-corrected chi connectivity index (χ3v) is 3.27. The minimum absolute atomic E-state index is 0.0621. The molecule has 0 aromatic heterocycles. The summed E-state index contributed by atoms with van der Waals surface area (Å²) in [7, 11) is 0. The highest BCUT2D eigenvalue weighted by Gasteiger charge is 2.31. The number of amides is 1. The molecule has 3 heteroatoms. The number of rotatable bonds is 5. The predicted molar refractivity (Wildman–Crippen MR) is 68.4 cm³/mol. The Bertz CT molecular complexity index is 382. The molecule has 0 atom stereocenters. The largest absolute Gasteiger partial charge is 0.334 e. The summed E-state index contributed by atoms with van der Waals surface area (Å²) in [5.41, 5.74) is 7.97. The molecular formula is C14H20N2O. The van der Waals surface area contributed by atoms with Crippen molar-refractivity contribution in [3.63, 3.8) is 0 Å². The molecule has 0 radical (unpaired) electrons. The molecule has 0 heterocycles. The van der Waals surface area contributed by atoms with E-state index in [1.54, 1.807) is 0 Å². The highest BCUT2D eigenvalue weighted by atomic mass is 16.2. The number of hydrogen-bond acceptors (Lipinski definition) is 2. The Kier molecular flexibility index (Phi) is 3.79. The van der Waals surface area contributed by atoms with Crippen molar-refractivity contribution in [2.45, 2.75) is 38.8 Å². The molecule has 3 nitrogen and oxygen atoms in total. The molecule has 0 bridgehead atoms. The van der Waals surface area contributed by atoms with Crippen molar-refractivity contribution < 1.29 is 4.79 Å². The van der Waals surface area contributed by atoms with E-state index in [4.69, 9.17) is 5.73 Å². The summed E-state index contributed by atoms with van der Waals surface area (Å²) in [6.07, 6.45) is 3.30.